The van der Waals surface area contributed by atoms with Crippen LogP contribution in [0.4, 0.5) is 0 Å². The number of aliphatic hydroxyl groups excluding tert-OH is 4. The molecule has 2 atom stereocenters. The van der Waals surface area contributed by atoms with Gasteiger partial charge in [0.05, 0.1) is 13.5 Å². The lowest BCUT2D eigenvalue weighted by Gasteiger charge is -2.16. The van der Waals surface area contributed by atoms with Gasteiger partial charge in [-0.05, 0) is 0 Å². The Balaban J connectivity index is 3.10. The summed E-state index contributed by atoms with van der Waals surface area (Å²) >= 11 is 0. The van der Waals surface area contributed by atoms with Crippen molar-refractivity contribution in [3.8, 4) is 0 Å². The van der Waals surface area contributed by atoms with Gasteiger partial charge in [0.25, 0.3) is 0 Å². The Bertz CT molecular complexity index is 373. The van der Waals surface area contributed by atoms with Gasteiger partial charge < -0.3 is 20.4 Å². The number of hydrogen-bond donors (Lipinski definition) is 6. The molecule has 0 aromatic carbocycles. The maximum atomic E-state index is 9.69. The minimum atomic E-state index is -1.27. The van der Waals surface area contributed by atoms with Crippen LogP contribution in [0.1, 0.15) is 49.7 Å². The van der Waals surface area contributed by atoms with Crippen LogP contribution in [0.5, 0.6) is 0 Å². The lowest BCUT2D eigenvalue weighted by Crippen LogP contribution is -2.28. The number of rotatable bonds is 7. The van der Waals surface area contributed by atoms with E-state index in [1.165, 1.54) is 0 Å². The Hall–Kier alpha value is -1.23. The highest BCUT2D eigenvalue weighted by atomic mass is 16.3. The van der Waals surface area contributed by atoms with E-state index in [1.54, 1.807) is 0 Å². The van der Waals surface area contributed by atoms with Gasteiger partial charge in [0.1, 0.15) is 5.82 Å². The van der Waals surface area contributed by atoms with E-state index in [9.17, 15) is 10.2 Å². The lowest BCUT2D eigenvalue weighted by atomic mass is 10.2. The molecule has 9 heteroatoms. The number of nitrogens with one attached hydrogen (secondary N) is 2. The Morgan fingerprint density at radius 3 is 1.53 bits per heavy atom. The van der Waals surface area contributed by atoms with Crippen molar-refractivity contribution in [3.63, 3.8) is 0 Å². The molecule has 6 N–H and O–H groups in total. The molecule has 0 saturated carbocycles. The van der Waals surface area contributed by atoms with E-state index < -0.39 is 25.9 Å². The first-order chi connectivity index (χ1) is 8.99. The summed E-state index contributed by atoms with van der Waals surface area (Å²) in [4.78, 5) is 12.0. The van der Waals surface area contributed by atoms with Gasteiger partial charge in [-0.25, -0.2) is 15.0 Å². The molecule has 0 radical (unpaired) electrons. The minimum Gasteiger partial charge on any atom is -0.381 e. The smallest absolute Gasteiger partial charge is 0.176 e. The van der Waals surface area contributed by atoms with Gasteiger partial charge in [-0.1, -0.05) is 13.8 Å². The molecule has 0 bridgehead atoms. The third-order valence-electron chi connectivity index (χ3n) is 2.26. The maximum Gasteiger partial charge on any atom is 0.176 e. The summed E-state index contributed by atoms with van der Waals surface area (Å²) in [6, 6.07) is 0. The second-order valence-electron chi connectivity index (χ2n) is 4.09. The topological polar surface area (TPSA) is 144 Å². The van der Waals surface area contributed by atoms with Gasteiger partial charge in [0.2, 0.25) is 0 Å². The summed E-state index contributed by atoms with van der Waals surface area (Å²) in [6.45, 7) is 2.80. The predicted octanol–water partition coefficient (Wildman–Crippen LogP) is -1.94. The number of nitrogens with zero attached hydrogens (tertiary/aromatic N) is 3. The van der Waals surface area contributed by atoms with Crippen LogP contribution in [0, 0.1) is 0 Å². The van der Waals surface area contributed by atoms with Crippen molar-refractivity contribution < 1.29 is 20.4 Å². The molecule has 0 aliphatic rings. The summed E-state index contributed by atoms with van der Waals surface area (Å²) in [5.41, 5.74) is 0. The minimum absolute atomic E-state index is 0.0125. The van der Waals surface area contributed by atoms with E-state index in [1.807, 2.05) is 13.8 Å². The molecule has 1 aromatic rings. The molecule has 2 unspecified atom stereocenters. The van der Waals surface area contributed by atoms with Crippen LogP contribution in [-0.4, -0.2) is 48.8 Å². The van der Waals surface area contributed by atoms with Gasteiger partial charge >= 0.3 is 0 Å². The first-order valence-electron chi connectivity index (χ1n) is 5.80. The highest BCUT2D eigenvalue weighted by molar-refractivity contribution is 5.04. The number of aromatic nitrogens is 3. The van der Waals surface area contributed by atoms with E-state index in [2.05, 4.69) is 25.6 Å². The van der Waals surface area contributed by atoms with Crippen LogP contribution in [0.2, 0.25) is 0 Å². The van der Waals surface area contributed by atoms with E-state index >= 15 is 0 Å². The predicted molar refractivity (Wildman–Crippen MR) is 64.3 cm³/mol. The molecule has 1 rings (SSSR count). The molecule has 0 aliphatic carbocycles. The van der Waals surface area contributed by atoms with Gasteiger partial charge in [0, 0.05) is 5.92 Å². The van der Waals surface area contributed by atoms with Crippen molar-refractivity contribution in [3.05, 3.63) is 17.5 Å². The first-order valence-corrected chi connectivity index (χ1v) is 5.80. The molecule has 0 saturated heterocycles. The number of aliphatic hydroxyl groups is 4. The second kappa shape index (κ2) is 7.38. The average molecular weight is 273 g/mol. The molecule has 0 spiro atoms. The molecule has 1 heterocycles. The van der Waals surface area contributed by atoms with Crippen LogP contribution in [-0.2, 0) is 0 Å². The van der Waals surface area contributed by atoms with Crippen molar-refractivity contribution in [2.45, 2.75) is 32.2 Å². The average Bonchev–Trinajstić information content (AvgIpc) is 2.38. The fraction of sp³-hybridized carbons (Fsp3) is 0.700. The van der Waals surface area contributed by atoms with Gasteiger partial charge in [-0.15, -0.1) is 0 Å². The molecule has 19 heavy (non-hydrogen) atoms. The Labute approximate surface area is 110 Å². The third-order valence-corrected chi connectivity index (χ3v) is 2.26. The summed E-state index contributed by atoms with van der Waals surface area (Å²) in [6.07, 6.45) is -2.55. The van der Waals surface area contributed by atoms with Crippen LogP contribution in [0.3, 0.4) is 0 Å². The zero-order valence-electron chi connectivity index (χ0n) is 10.8. The zero-order chi connectivity index (χ0) is 14.4. The summed E-state index contributed by atoms with van der Waals surface area (Å²) in [5, 5.41) is 41.4. The zero-order valence-corrected chi connectivity index (χ0v) is 10.8. The maximum absolute atomic E-state index is 9.69. The second-order valence-corrected chi connectivity index (χ2v) is 4.09. The summed E-state index contributed by atoms with van der Waals surface area (Å²) in [5.74, 6) is 0.323. The SMILES string of the molecule is CC(C)c1nc(C(O)NCO)nc(C(O)NCO)n1. The van der Waals surface area contributed by atoms with Crippen LogP contribution < -0.4 is 10.6 Å². The quantitative estimate of drug-likeness (QED) is 0.312. The van der Waals surface area contributed by atoms with Gasteiger partial charge in [-0.3, -0.25) is 10.6 Å². The van der Waals surface area contributed by atoms with E-state index in [0.29, 0.717) is 5.82 Å². The molecule has 9 nitrogen and oxygen atoms in total. The van der Waals surface area contributed by atoms with Crippen LogP contribution in [0.15, 0.2) is 0 Å². The van der Waals surface area contributed by atoms with Crippen LogP contribution >= 0.6 is 0 Å². The van der Waals surface area contributed by atoms with Crippen molar-refractivity contribution in [1.29, 1.82) is 0 Å². The normalized spacial score (nSPS) is 14.7. The Morgan fingerprint density at radius 2 is 1.21 bits per heavy atom. The summed E-state index contributed by atoms with van der Waals surface area (Å²) < 4.78 is 0. The van der Waals surface area contributed by atoms with Gasteiger partial charge in [0.15, 0.2) is 24.1 Å². The Kier molecular flexibility index (Phi) is 6.15. The standard InChI is InChI=1S/C10H19N5O4/c1-5(2)6-13-7(9(18)11-3-16)15-8(14-6)10(19)12-4-17/h5,9-12,16-19H,3-4H2,1-2H3. The van der Waals surface area contributed by atoms with E-state index in [0.717, 1.165) is 0 Å². The van der Waals surface area contributed by atoms with E-state index in [4.69, 9.17) is 10.2 Å². The van der Waals surface area contributed by atoms with E-state index in [-0.39, 0.29) is 17.6 Å². The Morgan fingerprint density at radius 1 is 0.842 bits per heavy atom. The number of hydrogen-bond acceptors (Lipinski definition) is 9. The summed E-state index contributed by atoms with van der Waals surface area (Å²) in [7, 11) is 0. The molecular formula is C10H19N5O4. The third kappa shape index (κ3) is 4.42. The molecule has 1 aromatic heterocycles. The molecule has 0 amide bonds. The first kappa shape index (κ1) is 15.8. The van der Waals surface area contributed by atoms with Crippen molar-refractivity contribution in [1.82, 2.24) is 25.6 Å². The molecule has 0 aliphatic heterocycles. The highest BCUT2D eigenvalue weighted by Crippen LogP contribution is 2.14. The fourth-order valence-corrected chi connectivity index (χ4v) is 1.29. The molecule has 108 valence electrons. The molecule has 0 fully saturated rings. The van der Waals surface area contributed by atoms with Gasteiger partial charge in [-0.2, -0.15) is 0 Å². The van der Waals surface area contributed by atoms with Crippen molar-refractivity contribution in [2.75, 3.05) is 13.5 Å². The van der Waals surface area contributed by atoms with Crippen molar-refractivity contribution in [2.24, 2.45) is 0 Å². The monoisotopic (exact) mass is 273 g/mol. The fourth-order valence-electron chi connectivity index (χ4n) is 1.29. The molecular weight excluding hydrogens is 254 g/mol. The van der Waals surface area contributed by atoms with Crippen molar-refractivity contribution >= 4 is 0 Å². The largest absolute Gasteiger partial charge is 0.381 e. The highest BCUT2D eigenvalue weighted by Gasteiger charge is 2.19. The van der Waals surface area contributed by atoms with Crippen LogP contribution in [0.25, 0.3) is 0 Å². The lowest BCUT2D eigenvalue weighted by molar-refractivity contribution is 0.0802.